The van der Waals surface area contributed by atoms with Crippen molar-refractivity contribution < 1.29 is 19.0 Å². The van der Waals surface area contributed by atoms with Gasteiger partial charge >= 0.3 is 0 Å². The van der Waals surface area contributed by atoms with Crippen LogP contribution < -0.4 is 14.2 Å². The monoisotopic (exact) mass is 425 g/mol. The Morgan fingerprint density at radius 2 is 1.55 bits per heavy atom. The minimum Gasteiger partial charge on any atom is -0.494 e. The van der Waals surface area contributed by atoms with Gasteiger partial charge in [0.15, 0.2) is 0 Å². The molecule has 2 aromatic rings. The molecule has 5 nitrogen and oxygen atoms in total. The van der Waals surface area contributed by atoms with E-state index in [4.69, 9.17) is 19.0 Å². The highest BCUT2D eigenvalue weighted by Crippen LogP contribution is 2.28. The highest BCUT2D eigenvalue weighted by Gasteiger charge is 2.07. The molecule has 0 amide bonds. The largest absolute Gasteiger partial charge is 0.494 e. The van der Waals surface area contributed by atoms with Crippen LogP contribution in [0.4, 0.5) is 0 Å². The van der Waals surface area contributed by atoms with Crippen molar-refractivity contribution in [2.45, 2.75) is 47.0 Å². The van der Waals surface area contributed by atoms with Crippen molar-refractivity contribution in [3.63, 3.8) is 0 Å². The van der Waals surface area contributed by atoms with Gasteiger partial charge in [0.1, 0.15) is 31.0 Å². The molecule has 0 N–H and O–H groups in total. The normalized spacial score (nSPS) is 11.6. The summed E-state index contributed by atoms with van der Waals surface area (Å²) < 4.78 is 17.6. The Labute approximate surface area is 186 Å². The second kappa shape index (κ2) is 13.4. The van der Waals surface area contributed by atoms with Crippen molar-refractivity contribution in [1.29, 1.82) is 0 Å². The van der Waals surface area contributed by atoms with Gasteiger partial charge in [-0.2, -0.15) is 0 Å². The van der Waals surface area contributed by atoms with Gasteiger partial charge in [0.25, 0.3) is 0 Å². The van der Waals surface area contributed by atoms with Gasteiger partial charge in [0.2, 0.25) is 0 Å². The topological polar surface area (TPSA) is 49.3 Å². The first-order chi connectivity index (χ1) is 15.0. The highest BCUT2D eigenvalue weighted by molar-refractivity contribution is 5.83. The molecule has 0 fully saturated rings. The second-order valence-corrected chi connectivity index (χ2v) is 7.50. The van der Waals surface area contributed by atoms with Gasteiger partial charge in [-0.25, -0.2) is 0 Å². The van der Waals surface area contributed by atoms with Crippen LogP contribution in [-0.4, -0.2) is 32.6 Å². The van der Waals surface area contributed by atoms with Crippen molar-refractivity contribution in [2.75, 3.05) is 26.9 Å². The van der Waals surface area contributed by atoms with E-state index in [2.05, 4.69) is 31.1 Å². The first-order valence-corrected chi connectivity index (χ1v) is 10.8. The number of hydrogen-bond acceptors (Lipinski definition) is 5. The fourth-order valence-corrected chi connectivity index (χ4v) is 3.22. The molecule has 2 aromatic carbocycles. The van der Waals surface area contributed by atoms with Gasteiger partial charge in [0.05, 0.1) is 18.9 Å². The molecule has 0 bridgehead atoms. The van der Waals surface area contributed by atoms with E-state index >= 15 is 0 Å². The number of oxime groups is 1. The van der Waals surface area contributed by atoms with Crippen LogP contribution in [0.15, 0.2) is 53.7 Å². The zero-order valence-electron chi connectivity index (χ0n) is 19.4. The van der Waals surface area contributed by atoms with Gasteiger partial charge < -0.3 is 19.0 Å². The molecule has 2 rings (SSSR count). The number of rotatable bonds is 13. The molecule has 0 atom stereocenters. The molecular formula is C26H35NO4. The van der Waals surface area contributed by atoms with Crippen molar-refractivity contribution in [1.82, 2.24) is 0 Å². The second-order valence-electron chi connectivity index (χ2n) is 7.50. The summed E-state index contributed by atoms with van der Waals surface area (Å²) >= 11 is 0. The van der Waals surface area contributed by atoms with Crippen molar-refractivity contribution in [3.05, 3.63) is 65.2 Å². The lowest BCUT2D eigenvalue weighted by Crippen LogP contribution is -2.05. The van der Waals surface area contributed by atoms with Crippen molar-refractivity contribution in [3.8, 4) is 17.2 Å². The van der Waals surface area contributed by atoms with Gasteiger partial charge in [-0.15, -0.1) is 0 Å². The van der Waals surface area contributed by atoms with Crippen molar-refractivity contribution >= 4 is 5.71 Å². The number of benzene rings is 2. The predicted octanol–water partition coefficient (Wildman–Crippen LogP) is 6.06. The number of aryl methyl sites for hydroxylation is 2. The van der Waals surface area contributed by atoms with E-state index in [0.717, 1.165) is 53.3 Å². The molecule has 0 aliphatic heterocycles. The Kier molecular flexibility index (Phi) is 10.5. The molecule has 0 aliphatic rings. The Morgan fingerprint density at radius 3 is 2.16 bits per heavy atom. The summed E-state index contributed by atoms with van der Waals surface area (Å²) in [4.78, 5) is 4.79. The zero-order valence-corrected chi connectivity index (χ0v) is 19.4. The summed E-state index contributed by atoms with van der Waals surface area (Å²) in [6.45, 7) is 9.97. The third-order valence-electron chi connectivity index (χ3n) is 4.70. The molecule has 5 heteroatoms. The maximum atomic E-state index is 6.03. The van der Waals surface area contributed by atoms with E-state index in [1.165, 1.54) is 5.56 Å². The van der Waals surface area contributed by atoms with E-state index in [0.29, 0.717) is 19.8 Å². The fraction of sp³-hybridized carbons (Fsp3) is 0.423. The van der Waals surface area contributed by atoms with Gasteiger partial charge in [-0.1, -0.05) is 29.4 Å². The van der Waals surface area contributed by atoms with Crippen LogP contribution in [0.25, 0.3) is 0 Å². The molecule has 31 heavy (non-hydrogen) atoms. The summed E-state index contributed by atoms with van der Waals surface area (Å²) in [6.07, 6.45) is 6.61. The number of ether oxygens (including phenoxy) is 3. The fourth-order valence-electron chi connectivity index (χ4n) is 3.22. The van der Waals surface area contributed by atoms with Gasteiger partial charge in [0, 0.05) is 6.42 Å². The lowest BCUT2D eigenvalue weighted by molar-refractivity contribution is 0.212. The third-order valence-corrected chi connectivity index (χ3v) is 4.70. The minimum atomic E-state index is 0.583. The Balaban J connectivity index is 1.70. The van der Waals surface area contributed by atoms with Crippen LogP contribution >= 0.6 is 0 Å². The SMILES string of the molecule is C/C=C/COc1cc(C)c(OCCCCOc2ccc(CC(C)=NOC)cc2)c(C)c1. The van der Waals surface area contributed by atoms with Crippen molar-refractivity contribution in [2.24, 2.45) is 5.16 Å². The summed E-state index contributed by atoms with van der Waals surface area (Å²) in [5.74, 6) is 2.70. The number of hydrogen-bond donors (Lipinski definition) is 0. The smallest absolute Gasteiger partial charge is 0.125 e. The molecule has 0 heterocycles. The molecule has 0 saturated carbocycles. The number of unbranched alkanes of at least 4 members (excludes halogenated alkanes) is 1. The number of allylic oxidation sites excluding steroid dienone is 1. The number of nitrogens with zero attached hydrogens (tertiary/aromatic N) is 1. The minimum absolute atomic E-state index is 0.583. The molecule has 0 unspecified atom stereocenters. The quantitative estimate of drug-likeness (QED) is 0.169. The van der Waals surface area contributed by atoms with Crippen LogP contribution in [-0.2, 0) is 11.3 Å². The van der Waals surface area contributed by atoms with E-state index in [1.54, 1.807) is 7.11 Å². The lowest BCUT2D eigenvalue weighted by Gasteiger charge is -2.14. The van der Waals surface area contributed by atoms with E-state index < -0.39 is 0 Å². The lowest BCUT2D eigenvalue weighted by atomic mass is 10.1. The molecular weight excluding hydrogens is 390 g/mol. The molecule has 0 saturated heterocycles. The molecule has 168 valence electrons. The van der Waals surface area contributed by atoms with Crippen LogP contribution in [0.5, 0.6) is 17.2 Å². The van der Waals surface area contributed by atoms with Gasteiger partial charge in [-0.3, -0.25) is 0 Å². The first kappa shape index (κ1) is 24.3. The Morgan fingerprint density at radius 1 is 0.903 bits per heavy atom. The highest BCUT2D eigenvalue weighted by atomic mass is 16.6. The molecule has 0 radical (unpaired) electrons. The maximum absolute atomic E-state index is 6.03. The summed E-state index contributed by atoms with van der Waals surface area (Å²) in [5, 5.41) is 3.94. The Hall–Kier alpha value is -2.95. The third kappa shape index (κ3) is 8.75. The predicted molar refractivity (Wildman–Crippen MR) is 127 cm³/mol. The van der Waals surface area contributed by atoms with E-state index in [-0.39, 0.29) is 0 Å². The zero-order chi connectivity index (χ0) is 22.5. The van der Waals surface area contributed by atoms with E-state index in [1.807, 2.05) is 50.3 Å². The summed E-state index contributed by atoms with van der Waals surface area (Å²) in [5.41, 5.74) is 4.32. The average molecular weight is 426 g/mol. The molecule has 0 aromatic heterocycles. The van der Waals surface area contributed by atoms with Crippen LogP contribution in [0.3, 0.4) is 0 Å². The summed E-state index contributed by atoms with van der Waals surface area (Å²) in [6, 6.07) is 12.2. The molecule has 0 spiro atoms. The van der Waals surface area contributed by atoms with Crippen LogP contribution in [0.2, 0.25) is 0 Å². The summed E-state index contributed by atoms with van der Waals surface area (Å²) in [7, 11) is 1.56. The first-order valence-electron chi connectivity index (χ1n) is 10.8. The van der Waals surface area contributed by atoms with Crippen LogP contribution in [0.1, 0.15) is 43.4 Å². The van der Waals surface area contributed by atoms with Gasteiger partial charge in [-0.05, 0) is 81.5 Å². The average Bonchev–Trinajstić information content (AvgIpc) is 2.73. The van der Waals surface area contributed by atoms with Crippen LogP contribution in [0, 0.1) is 13.8 Å². The standard InChI is InChI=1S/C26H35NO4/c1-6-7-14-30-25-17-20(2)26(21(3)18-25)31-16-9-8-15-29-24-12-10-23(11-13-24)19-22(4)27-28-5/h6-7,10-13,17-18H,8-9,14-16,19H2,1-5H3/b7-6+,27-22?. The Bertz CT molecular complexity index is 833. The molecule has 0 aliphatic carbocycles. The maximum Gasteiger partial charge on any atom is 0.125 e. The van der Waals surface area contributed by atoms with E-state index in [9.17, 15) is 0 Å².